The third-order valence-corrected chi connectivity index (χ3v) is 6.92. The number of carbonyl (C=O) groups is 2. The molecular weight excluding hydrogens is 558 g/mol. The van der Waals surface area contributed by atoms with Crippen molar-refractivity contribution in [2.45, 2.75) is 25.9 Å². The van der Waals surface area contributed by atoms with Crippen LogP contribution < -0.4 is 10.6 Å². The molecule has 0 bridgehead atoms. The lowest BCUT2D eigenvalue weighted by molar-refractivity contribution is -0.159. The number of carboxylic acid groups (broad SMARTS) is 2. The van der Waals surface area contributed by atoms with Crippen molar-refractivity contribution in [3.05, 3.63) is 71.9 Å². The molecule has 4 rings (SSSR count). The van der Waals surface area contributed by atoms with Gasteiger partial charge in [-0.15, -0.1) is 0 Å². The van der Waals surface area contributed by atoms with Gasteiger partial charge >= 0.3 is 11.9 Å². The van der Waals surface area contributed by atoms with E-state index in [9.17, 15) is 0 Å². The van der Waals surface area contributed by atoms with E-state index in [4.69, 9.17) is 29.8 Å². The first-order valence-electron chi connectivity index (χ1n) is 14.7. The number of benzene rings is 2. The maximum atomic E-state index is 9.10. The lowest BCUT2D eigenvalue weighted by Crippen LogP contribution is -2.20. The number of hydrogen-bond acceptors (Lipinski definition) is 8. The number of fused-ring (bicyclic) bond motifs is 1. The van der Waals surface area contributed by atoms with Crippen LogP contribution in [-0.4, -0.2) is 101 Å². The van der Waals surface area contributed by atoms with Gasteiger partial charge in [-0.2, -0.15) is 0 Å². The minimum absolute atomic E-state index is 0.756. The van der Waals surface area contributed by atoms with E-state index < -0.39 is 11.9 Å². The Morgan fingerprint density at radius 3 is 1.66 bits per heavy atom. The number of carboxylic acids is 2. The van der Waals surface area contributed by atoms with Gasteiger partial charge in [0.2, 0.25) is 0 Å². The molecule has 0 spiro atoms. The van der Waals surface area contributed by atoms with Crippen molar-refractivity contribution in [1.29, 1.82) is 0 Å². The van der Waals surface area contributed by atoms with E-state index in [1.807, 2.05) is 7.05 Å². The van der Waals surface area contributed by atoms with Crippen LogP contribution in [0.15, 0.2) is 60.8 Å². The molecule has 4 N–H and O–H groups in total. The summed E-state index contributed by atoms with van der Waals surface area (Å²) in [5.41, 5.74) is 6.61. The highest BCUT2D eigenvalue weighted by Crippen LogP contribution is 2.30. The van der Waals surface area contributed by atoms with Crippen LogP contribution in [0, 0.1) is 0 Å². The molecule has 0 saturated heterocycles. The molecule has 44 heavy (non-hydrogen) atoms. The van der Waals surface area contributed by atoms with Crippen molar-refractivity contribution in [3.63, 3.8) is 0 Å². The molecule has 0 aliphatic rings. The average Bonchev–Trinajstić information content (AvgIpc) is 3.37. The molecule has 2 heterocycles. The Balaban J connectivity index is 0.000000801. The fraction of sp³-hybridized carbons (Fsp3) is 0.394. The molecule has 0 saturated carbocycles. The Labute approximate surface area is 259 Å². The van der Waals surface area contributed by atoms with Crippen molar-refractivity contribution >= 4 is 23.0 Å². The van der Waals surface area contributed by atoms with Crippen molar-refractivity contribution in [3.8, 4) is 22.6 Å². The van der Waals surface area contributed by atoms with Crippen molar-refractivity contribution < 1.29 is 19.8 Å². The summed E-state index contributed by atoms with van der Waals surface area (Å²) in [6.45, 7) is 5.98. The van der Waals surface area contributed by atoms with Crippen LogP contribution >= 0.6 is 0 Å². The van der Waals surface area contributed by atoms with Crippen LogP contribution in [0.4, 0.5) is 0 Å². The predicted molar refractivity (Wildman–Crippen MR) is 174 cm³/mol. The van der Waals surface area contributed by atoms with Crippen LogP contribution in [0.25, 0.3) is 33.7 Å². The Bertz CT molecular complexity index is 1470. The fourth-order valence-corrected chi connectivity index (χ4v) is 4.54. The van der Waals surface area contributed by atoms with Gasteiger partial charge in [0.1, 0.15) is 5.65 Å². The van der Waals surface area contributed by atoms with E-state index in [0.29, 0.717) is 0 Å². The van der Waals surface area contributed by atoms with Crippen LogP contribution in [0.1, 0.15) is 24.0 Å². The average molecular weight is 604 g/mol. The van der Waals surface area contributed by atoms with E-state index in [1.54, 1.807) is 0 Å². The Morgan fingerprint density at radius 1 is 0.727 bits per heavy atom. The van der Waals surface area contributed by atoms with Gasteiger partial charge in [-0.25, -0.2) is 19.6 Å². The first kappa shape index (κ1) is 34.3. The number of nitrogens with zero attached hydrogens (tertiary/aromatic N) is 5. The summed E-state index contributed by atoms with van der Waals surface area (Å²) in [5.74, 6) is -2.89. The Hall–Kier alpha value is -4.16. The van der Waals surface area contributed by atoms with E-state index in [1.165, 1.54) is 11.1 Å². The van der Waals surface area contributed by atoms with Crippen LogP contribution in [-0.2, 0) is 29.7 Å². The molecule has 4 aromatic rings. The molecule has 0 aliphatic carbocycles. The lowest BCUT2D eigenvalue weighted by atomic mass is 10.1. The van der Waals surface area contributed by atoms with E-state index >= 15 is 0 Å². The highest BCUT2D eigenvalue weighted by molar-refractivity contribution is 6.27. The molecule has 11 nitrogen and oxygen atoms in total. The molecule has 0 aliphatic heterocycles. The van der Waals surface area contributed by atoms with Gasteiger partial charge in [-0.05, 0) is 84.4 Å². The van der Waals surface area contributed by atoms with Crippen molar-refractivity contribution in [1.82, 2.24) is 35.0 Å². The second-order valence-corrected chi connectivity index (χ2v) is 11.2. The highest BCUT2D eigenvalue weighted by atomic mass is 16.4. The van der Waals surface area contributed by atoms with E-state index in [-0.39, 0.29) is 0 Å². The summed E-state index contributed by atoms with van der Waals surface area (Å²) < 4.78 is 2.07. The molecule has 0 radical (unpaired) electrons. The molecule has 0 fully saturated rings. The maximum absolute atomic E-state index is 9.10. The second kappa shape index (κ2) is 17.2. The fourth-order valence-electron chi connectivity index (χ4n) is 4.54. The Morgan fingerprint density at radius 2 is 1.20 bits per heavy atom. The van der Waals surface area contributed by atoms with Gasteiger partial charge in [0.15, 0.2) is 5.82 Å². The zero-order valence-corrected chi connectivity index (χ0v) is 26.4. The first-order valence-corrected chi connectivity index (χ1v) is 14.7. The van der Waals surface area contributed by atoms with Crippen LogP contribution in [0.2, 0.25) is 0 Å². The van der Waals surface area contributed by atoms with Gasteiger partial charge in [-0.3, -0.25) is 0 Å². The van der Waals surface area contributed by atoms with E-state index in [2.05, 4.69) is 114 Å². The van der Waals surface area contributed by atoms with E-state index in [0.717, 1.165) is 85.8 Å². The summed E-state index contributed by atoms with van der Waals surface area (Å²) in [5, 5.41) is 22.9. The molecule has 0 atom stereocenters. The van der Waals surface area contributed by atoms with Crippen molar-refractivity contribution in [2.24, 2.45) is 7.05 Å². The third kappa shape index (κ3) is 10.8. The molecule has 0 amide bonds. The molecule has 2 aromatic heterocycles. The van der Waals surface area contributed by atoms with Gasteiger partial charge in [0.05, 0.1) is 5.69 Å². The predicted octanol–water partition coefficient (Wildman–Crippen LogP) is 3.54. The minimum atomic E-state index is -1.82. The normalized spacial score (nSPS) is 11.2. The molecule has 0 unspecified atom stereocenters. The Kier molecular flexibility index (Phi) is 13.4. The number of hydrogen-bond donors (Lipinski definition) is 4. The monoisotopic (exact) mass is 603 g/mol. The van der Waals surface area contributed by atoms with Crippen molar-refractivity contribution in [2.75, 3.05) is 54.4 Å². The van der Waals surface area contributed by atoms with Gasteiger partial charge < -0.3 is 35.2 Å². The van der Waals surface area contributed by atoms with Gasteiger partial charge in [0.25, 0.3) is 0 Å². The molecule has 236 valence electrons. The maximum Gasteiger partial charge on any atom is 0.414 e. The number of nitrogens with one attached hydrogen (secondary N) is 2. The largest absolute Gasteiger partial charge is 0.473 e. The quantitative estimate of drug-likeness (QED) is 0.125. The first-order chi connectivity index (χ1) is 21.0. The molecular formula is C33H45N7O4. The third-order valence-electron chi connectivity index (χ3n) is 6.92. The topological polar surface area (TPSA) is 136 Å². The molecule has 11 heteroatoms. The smallest absolute Gasteiger partial charge is 0.414 e. The number of aliphatic carboxylic acids is 2. The van der Waals surface area contributed by atoms with Gasteiger partial charge in [0, 0.05) is 42.8 Å². The zero-order valence-electron chi connectivity index (χ0n) is 26.4. The standard InChI is InChI=1S/C31H43N7.C2H2O4/c1-36(2)19-6-17-32-22-24-8-12-26(13-9-24)29-28-16-21-38(5)31(28)35-30(34-29)27-14-10-25(11-15-27)23-33-18-7-20-37(3)4;3-1(4)2(5)6/h8-16,21,32-33H,6-7,17-20,22-23H2,1-5H3;(H,3,4)(H,5,6). The summed E-state index contributed by atoms with van der Waals surface area (Å²) in [6.07, 6.45) is 4.35. The zero-order chi connectivity index (χ0) is 32.1. The number of rotatable bonds is 14. The summed E-state index contributed by atoms with van der Waals surface area (Å²) in [6, 6.07) is 19.5. The number of aromatic nitrogens is 3. The lowest BCUT2D eigenvalue weighted by Gasteiger charge is -2.11. The highest BCUT2D eigenvalue weighted by Gasteiger charge is 2.14. The van der Waals surface area contributed by atoms with Crippen LogP contribution in [0.5, 0.6) is 0 Å². The SMILES string of the molecule is CN(C)CCCNCc1ccc(-c2nc(-c3ccc(CNCCCN(C)C)cc3)c3ccn(C)c3n2)cc1.O=C(O)C(=O)O. The second-order valence-electron chi connectivity index (χ2n) is 11.2. The number of aryl methyl sites for hydroxylation is 1. The van der Waals surface area contributed by atoms with Crippen LogP contribution in [0.3, 0.4) is 0 Å². The summed E-state index contributed by atoms with van der Waals surface area (Å²) in [7, 11) is 10.5. The minimum Gasteiger partial charge on any atom is -0.473 e. The van der Waals surface area contributed by atoms with Gasteiger partial charge in [-0.1, -0.05) is 48.5 Å². The molecule has 2 aromatic carbocycles. The summed E-state index contributed by atoms with van der Waals surface area (Å²) >= 11 is 0. The summed E-state index contributed by atoms with van der Waals surface area (Å²) in [4.78, 5) is 32.6.